The van der Waals surface area contributed by atoms with Crippen molar-refractivity contribution >= 4 is 5.97 Å². The largest absolute Gasteiger partial charge is 0.464 e. The Balaban J connectivity index is 2.02. The molecule has 0 spiro atoms. The molecule has 1 N–H and O–H groups in total. The van der Waals surface area contributed by atoms with E-state index in [9.17, 15) is 9.90 Å². The van der Waals surface area contributed by atoms with Gasteiger partial charge in [0.1, 0.15) is 6.04 Å². The van der Waals surface area contributed by atoms with Crippen LogP contribution in [0.15, 0.2) is 36.5 Å². The number of carbonyl (C=O) groups excluding carboxylic acids is 1. The highest BCUT2D eigenvalue weighted by Crippen LogP contribution is 2.17. The first-order chi connectivity index (χ1) is 10.1. The Bertz CT molecular complexity index is 583. The minimum atomic E-state index is -0.644. The third-order valence-electron chi connectivity index (χ3n) is 3.17. The maximum Gasteiger partial charge on any atom is 0.330 e. The van der Waals surface area contributed by atoms with Crippen molar-refractivity contribution in [1.29, 1.82) is 0 Å². The van der Waals surface area contributed by atoms with Gasteiger partial charge in [-0.15, -0.1) is 5.10 Å². The highest BCUT2D eigenvalue weighted by atomic mass is 16.5. The molecule has 0 bridgehead atoms. The number of carbonyl (C=O) groups is 1. The summed E-state index contributed by atoms with van der Waals surface area (Å²) in [5.41, 5.74) is 1.45. The van der Waals surface area contributed by atoms with Crippen LogP contribution in [0.3, 0.4) is 0 Å². The molecule has 2 unspecified atom stereocenters. The molecule has 21 heavy (non-hydrogen) atoms. The van der Waals surface area contributed by atoms with Crippen LogP contribution in [0.2, 0.25) is 0 Å². The topological polar surface area (TPSA) is 77.2 Å². The first-order valence-corrected chi connectivity index (χ1v) is 6.92. The molecule has 6 heteroatoms. The average molecular weight is 289 g/mol. The number of aromatic nitrogens is 3. The van der Waals surface area contributed by atoms with E-state index in [-0.39, 0.29) is 5.97 Å². The number of esters is 1. The smallest absolute Gasteiger partial charge is 0.330 e. The van der Waals surface area contributed by atoms with Crippen molar-refractivity contribution in [2.24, 2.45) is 0 Å². The van der Waals surface area contributed by atoms with Crippen LogP contribution in [0.25, 0.3) is 0 Å². The van der Waals surface area contributed by atoms with Gasteiger partial charge in [0.15, 0.2) is 0 Å². The molecule has 0 amide bonds. The van der Waals surface area contributed by atoms with Crippen LogP contribution in [0.4, 0.5) is 0 Å². The quantitative estimate of drug-likeness (QED) is 0.819. The number of hydrogen-bond acceptors (Lipinski definition) is 5. The summed E-state index contributed by atoms with van der Waals surface area (Å²) in [4.78, 5) is 11.6. The summed E-state index contributed by atoms with van der Waals surface area (Å²) in [6.07, 6.45) is 1.36. The van der Waals surface area contributed by atoms with E-state index < -0.39 is 12.1 Å². The Hall–Kier alpha value is -2.21. The number of benzene rings is 1. The van der Waals surface area contributed by atoms with Crippen LogP contribution in [0.5, 0.6) is 0 Å². The lowest BCUT2D eigenvalue weighted by molar-refractivity contribution is -0.146. The molecule has 0 aliphatic rings. The Morgan fingerprint density at radius 2 is 2.10 bits per heavy atom. The molecule has 2 rings (SSSR count). The van der Waals surface area contributed by atoms with Gasteiger partial charge in [-0.1, -0.05) is 35.5 Å². The van der Waals surface area contributed by atoms with Gasteiger partial charge >= 0.3 is 5.97 Å². The number of aliphatic hydroxyl groups is 1. The molecule has 1 heterocycles. The minimum absolute atomic E-state index is 0.331. The second kappa shape index (κ2) is 6.99. The van der Waals surface area contributed by atoms with Crippen LogP contribution < -0.4 is 0 Å². The van der Waals surface area contributed by atoms with Crippen molar-refractivity contribution in [3.8, 4) is 0 Å². The number of aliphatic hydroxyl groups excluding tert-OH is 1. The van der Waals surface area contributed by atoms with Crippen molar-refractivity contribution in [2.45, 2.75) is 32.4 Å². The van der Waals surface area contributed by atoms with Crippen LogP contribution in [0, 0.1) is 0 Å². The molecule has 0 aliphatic carbocycles. The van der Waals surface area contributed by atoms with Crippen molar-refractivity contribution < 1.29 is 14.6 Å². The summed E-state index contributed by atoms with van der Waals surface area (Å²) in [5.74, 6) is -0.349. The lowest BCUT2D eigenvalue weighted by Gasteiger charge is -2.10. The van der Waals surface area contributed by atoms with Gasteiger partial charge in [-0.05, 0) is 19.4 Å². The van der Waals surface area contributed by atoms with Crippen LogP contribution in [-0.4, -0.2) is 32.7 Å². The number of hydrogen-bond donors (Lipinski definition) is 1. The van der Waals surface area contributed by atoms with Gasteiger partial charge in [-0.25, -0.2) is 9.48 Å². The highest BCUT2D eigenvalue weighted by Gasteiger charge is 2.18. The van der Waals surface area contributed by atoms with Gasteiger partial charge in [-0.3, -0.25) is 0 Å². The fourth-order valence-corrected chi connectivity index (χ4v) is 1.96. The maximum absolute atomic E-state index is 11.6. The molecule has 0 radical (unpaired) electrons. The number of nitrogens with zero attached hydrogens (tertiary/aromatic N) is 3. The molecule has 0 saturated heterocycles. The van der Waals surface area contributed by atoms with E-state index in [4.69, 9.17) is 4.74 Å². The van der Waals surface area contributed by atoms with Crippen LogP contribution >= 0.6 is 0 Å². The second-order valence-corrected chi connectivity index (χ2v) is 4.75. The zero-order valence-corrected chi connectivity index (χ0v) is 12.1. The third kappa shape index (κ3) is 3.88. The summed E-state index contributed by atoms with van der Waals surface area (Å²) in [6.45, 7) is 3.79. The van der Waals surface area contributed by atoms with E-state index in [0.29, 0.717) is 18.7 Å². The standard InChI is InChI=1S/C15H19N3O3/c1-3-21-15(20)11(2)18-10-13(16-17-18)9-14(19)12-7-5-4-6-8-12/h4-8,10-11,14,19H,3,9H2,1-2H3. The maximum atomic E-state index is 11.6. The monoisotopic (exact) mass is 289 g/mol. The normalized spacial score (nSPS) is 13.7. The fraction of sp³-hybridized carbons (Fsp3) is 0.400. The Labute approximate surface area is 123 Å². The van der Waals surface area contributed by atoms with E-state index in [0.717, 1.165) is 5.56 Å². The van der Waals surface area contributed by atoms with E-state index in [2.05, 4.69) is 10.3 Å². The number of ether oxygens (including phenoxy) is 1. The molecule has 1 aromatic carbocycles. The van der Waals surface area contributed by atoms with Crippen LogP contribution in [-0.2, 0) is 16.0 Å². The van der Waals surface area contributed by atoms with Crippen molar-refractivity contribution in [3.63, 3.8) is 0 Å². The zero-order valence-electron chi connectivity index (χ0n) is 12.1. The molecule has 2 aromatic rings. The minimum Gasteiger partial charge on any atom is -0.464 e. The zero-order chi connectivity index (χ0) is 15.2. The molecule has 0 fully saturated rings. The molecule has 112 valence electrons. The van der Waals surface area contributed by atoms with Gasteiger partial charge in [-0.2, -0.15) is 0 Å². The number of rotatable bonds is 6. The van der Waals surface area contributed by atoms with Crippen molar-refractivity contribution in [3.05, 3.63) is 47.8 Å². The molecular formula is C15H19N3O3. The molecule has 2 atom stereocenters. The SMILES string of the molecule is CCOC(=O)C(C)n1cc(CC(O)c2ccccc2)nn1. The van der Waals surface area contributed by atoms with Gasteiger partial charge in [0, 0.05) is 12.6 Å². The highest BCUT2D eigenvalue weighted by molar-refractivity contribution is 5.73. The van der Waals surface area contributed by atoms with Crippen molar-refractivity contribution in [2.75, 3.05) is 6.61 Å². The lowest BCUT2D eigenvalue weighted by Crippen LogP contribution is -2.19. The first kappa shape index (κ1) is 15.2. The Morgan fingerprint density at radius 1 is 1.38 bits per heavy atom. The summed E-state index contributed by atoms with van der Waals surface area (Å²) >= 11 is 0. The van der Waals surface area contributed by atoms with Gasteiger partial charge < -0.3 is 9.84 Å². The second-order valence-electron chi connectivity index (χ2n) is 4.75. The fourth-order valence-electron chi connectivity index (χ4n) is 1.96. The van der Waals surface area contributed by atoms with Crippen molar-refractivity contribution in [1.82, 2.24) is 15.0 Å². The van der Waals surface area contributed by atoms with E-state index in [1.54, 1.807) is 20.0 Å². The predicted octanol–water partition coefficient (Wildman–Crippen LogP) is 1.68. The molecule has 1 aromatic heterocycles. The third-order valence-corrected chi connectivity index (χ3v) is 3.17. The first-order valence-electron chi connectivity index (χ1n) is 6.92. The van der Waals surface area contributed by atoms with Crippen LogP contribution in [0.1, 0.15) is 37.3 Å². The molecule has 0 aliphatic heterocycles. The van der Waals surface area contributed by atoms with E-state index in [1.807, 2.05) is 30.3 Å². The molecule has 6 nitrogen and oxygen atoms in total. The van der Waals surface area contributed by atoms with E-state index >= 15 is 0 Å². The molecule has 0 saturated carbocycles. The lowest BCUT2D eigenvalue weighted by atomic mass is 10.1. The molecular weight excluding hydrogens is 270 g/mol. The summed E-state index contributed by atoms with van der Waals surface area (Å²) in [6, 6.07) is 8.83. The van der Waals surface area contributed by atoms with Gasteiger partial charge in [0.25, 0.3) is 0 Å². The summed E-state index contributed by atoms with van der Waals surface area (Å²) < 4.78 is 6.39. The summed E-state index contributed by atoms with van der Waals surface area (Å²) in [5, 5.41) is 18.1. The Kier molecular flexibility index (Phi) is 5.05. The van der Waals surface area contributed by atoms with E-state index in [1.165, 1.54) is 4.68 Å². The average Bonchev–Trinajstić information content (AvgIpc) is 2.96. The van der Waals surface area contributed by atoms with Gasteiger partial charge in [0.2, 0.25) is 0 Å². The van der Waals surface area contributed by atoms with Gasteiger partial charge in [0.05, 0.1) is 18.4 Å². The summed E-state index contributed by atoms with van der Waals surface area (Å²) in [7, 11) is 0. The predicted molar refractivity (Wildman–Crippen MR) is 76.5 cm³/mol. The Morgan fingerprint density at radius 3 is 2.76 bits per heavy atom.